The van der Waals surface area contributed by atoms with Gasteiger partial charge in [0.25, 0.3) is 0 Å². The number of hydrogen-bond donors (Lipinski definition) is 1. The van der Waals surface area contributed by atoms with Crippen LogP contribution in [0.25, 0.3) is 5.70 Å². The van der Waals surface area contributed by atoms with E-state index in [1.165, 1.54) is 12.8 Å². The minimum Gasteiger partial charge on any atom is -0.478 e. The zero-order chi connectivity index (χ0) is 14.2. The fraction of sp³-hybridized carbons (Fsp3) is 0.500. The molecule has 0 radical (unpaired) electrons. The molecule has 2 heterocycles. The fourth-order valence-electron chi connectivity index (χ4n) is 2.26. The lowest BCUT2D eigenvalue weighted by atomic mass is 10.0. The number of aliphatic imine (C=N–C) groups is 1. The maximum absolute atomic E-state index is 5.50. The van der Waals surface area contributed by atoms with Gasteiger partial charge in [-0.15, -0.1) is 0 Å². The SMILES string of the molecule is CCOc1ccc(C2=CC(CCCCCN)C=N2)cn1. The zero-order valence-electron chi connectivity index (χ0n) is 12.1. The number of nitrogens with zero attached hydrogens (tertiary/aromatic N) is 2. The molecule has 0 saturated heterocycles. The van der Waals surface area contributed by atoms with Gasteiger partial charge in [-0.2, -0.15) is 0 Å². The molecule has 20 heavy (non-hydrogen) atoms. The van der Waals surface area contributed by atoms with Crippen LogP contribution in [0.1, 0.15) is 38.2 Å². The van der Waals surface area contributed by atoms with Crippen molar-refractivity contribution in [1.29, 1.82) is 0 Å². The summed E-state index contributed by atoms with van der Waals surface area (Å²) < 4.78 is 5.34. The molecule has 1 atom stereocenters. The summed E-state index contributed by atoms with van der Waals surface area (Å²) in [5.74, 6) is 1.12. The highest BCUT2D eigenvalue weighted by Crippen LogP contribution is 2.25. The maximum atomic E-state index is 5.50. The molecule has 0 fully saturated rings. The molecule has 1 aromatic rings. The Morgan fingerprint density at radius 3 is 2.85 bits per heavy atom. The van der Waals surface area contributed by atoms with Crippen LogP contribution in [-0.4, -0.2) is 24.4 Å². The molecule has 0 bridgehead atoms. The van der Waals surface area contributed by atoms with Gasteiger partial charge in [0.1, 0.15) is 0 Å². The fourth-order valence-corrected chi connectivity index (χ4v) is 2.26. The monoisotopic (exact) mass is 273 g/mol. The molecule has 0 aliphatic carbocycles. The molecule has 0 saturated carbocycles. The van der Waals surface area contributed by atoms with Gasteiger partial charge in [-0.1, -0.05) is 12.8 Å². The number of pyridine rings is 1. The smallest absolute Gasteiger partial charge is 0.213 e. The molecule has 0 aromatic carbocycles. The Hall–Kier alpha value is -1.68. The van der Waals surface area contributed by atoms with Gasteiger partial charge < -0.3 is 10.5 Å². The van der Waals surface area contributed by atoms with Gasteiger partial charge >= 0.3 is 0 Å². The van der Waals surface area contributed by atoms with Crippen molar-refractivity contribution in [3.05, 3.63) is 30.0 Å². The quantitative estimate of drug-likeness (QED) is 0.741. The minimum absolute atomic E-state index is 0.453. The summed E-state index contributed by atoms with van der Waals surface area (Å²) in [6, 6.07) is 3.90. The van der Waals surface area contributed by atoms with Crippen LogP contribution >= 0.6 is 0 Å². The van der Waals surface area contributed by atoms with Crippen molar-refractivity contribution in [1.82, 2.24) is 4.98 Å². The van der Waals surface area contributed by atoms with E-state index in [-0.39, 0.29) is 0 Å². The summed E-state index contributed by atoms with van der Waals surface area (Å²) >= 11 is 0. The summed E-state index contributed by atoms with van der Waals surface area (Å²) in [6.45, 7) is 3.38. The van der Waals surface area contributed by atoms with Crippen molar-refractivity contribution in [3.8, 4) is 5.88 Å². The normalized spacial score (nSPS) is 17.3. The Balaban J connectivity index is 1.88. The van der Waals surface area contributed by atoms with Crippen molar-refractivity contribution in [3.63, 3.8) is 0 Å². The third-order valence-electron chi connectivity index (χ3n) is 3.34. The summed E-state index contributed by atoms with van der Waals surface area (Å²) in [7, 11) is 0. The van der Waals surface area contributed by atoms with Crippen LogP contribution < -0.4 is 10.5 Å². The molecule has 1 unspecified atom stereocenters. The van der Waals surface area contributed by atoms with Gasteiger partial charge in [-0.05, 0) is 38.5 Å². The lowest BCUT2D eigenvalue weighted by Gasteiger charge is -2.04. The van der Waals surface area contributed by atoms with Crippen LogP contribution in [0.2, 0.25) is 0 Å². The molecular formula is C16H23N3O. The number of allylic oxidation sites excluding steroid dienone is 1. The molecule has 1 aliphatic heterocycles. The first-order valence-electron chi connectivity index (χ1n) is 7.38. The third kappa shape index (κ3) is 4.17. The number of nitrogens with two attached hydrogens (primary N) is 1. The predicted octanol–water partition coefficient (Wildman–Crippen LogP) is 3.04. The number of hydrogen-bond acceptors (Lipinski definition) is 4. The average Bonchev–Trinajstić information content (AvgIpc) is 2.94. The van der Waals surface area contributed by atoms with Gasteiger partial charge in [-0.3, -0.25) is 4.99 Å². The third-order valence-corrected chi connectivity index (χ3v) is 3.34. The van der Waals surface area contributed by atoms with Crippen molar-refractivity contribution >= 4 is 11.9 Å². The second-order valence-electron chi connectivity index (χ2n) is 4.95. The molecule has 1 aliphatic rings. The van der Waals surface area contributed by atoms with E-state index in [0.717, 1.165) is 30.6 Å². The molecule has 2 N–H and O–H groups in total. The van der Waals surface area contributed by atoms with Gasteiger partial charge in [0.05, 0.1) is 12.3 Å². The summed E-state index contributed by atoms with van der Waals surface area (Å²) in [4.78, 5) is 8.77. The second kappa shape index (κ2) is 7.80. The molecule has 0 amide bonds. The van der Waals surface area contributed by atoms with E-state index in [0.29, 0.717) is 18.4 Å². The van der Waals surface area contributed by atoms with Crippen molar-refractivity contribution in [2.45, 2.75) is 32.6 Å². The van der Waals surface area contributed by atoms with Crippen LogP contribution in [0, 0.1) is 5.92 Å². The number of unbranched alkanes of at least 4 members (excludes halogenated alkanes) is 2. The molecule has 4 nitrogen and oxygen atoms in total. The van der Waals surface area contributed by atoms with E-state index in [9.17, 15) is 0 Å². The van der Waals surface area contributed by atoms with E-state index in [4.69, 9.17) is 10.5 Å². The molecular weight excluding hydrogens is 250 g/mol. The summed E-state index contributed by atoms with van der Waals surface area (Å²) in [6.07, 6.45) is 10.8. The van der Waals surface area contributed by atoms with E-state index in [1.54, 1.807) is 0 Å². The Labute approximate surface area is 120 Å². The van der Waals surface area contributed by atoms with Gasteiger partial charge in [-0.25, -0.2) is 4.98 Å². The average molecular weight is 273 g/mol. The summed E-state index contributed by atoms with van der Waals surface area (Å²) in [5.41, 5.74) is 7.57. The largest absolute Gasteiger partial charge is 0.478 e. The predicted molar refractivity (Wildman–Crippen MR) is 82.9 cm³/mol. The first-order chi connectivity index (χ1) is 9.83. The van der Waals surface area contributed by atoms with E-state index < -0.39 is 0 Å². The van der Waals surface area contributed by atoms with Crippen LogP contribution in [0.4, 0.5) is 0 Å². The van der Waals surface area contributed by atoms with Gasteiger partial charge in [0, 0.05) is 30.0 Å². The van der Waals surface area contributed by atoms with Crippen LogP contribution in [0.5, 0.6) is 5.88 Å². The second-order valence-corrected chi connectivity index (χ2v) is 4.95. The molecule has 4 heteroatoms. The van der Waals surface area contributed by atoms with Crippen molar-refractivity contribution in [2.24, 2.45) is 16.6 Å². The van der Waals surface area contributed by atoms with E-state index in [2.05, 4.69) is 16.1 Å². The first-order valence-corrected chi connectivity index (χ1v) is 7.38. The summed E-state index contributed by atoms with van der Waals surface area (Å²) in [5, 5.41) is 0. The first kappa shape index (κ1) is 14.7. The van der Waals surface area contributed by atoms with Gasteiger partial charge in [0.2, 0.25) is 5.88 Å². The number of rotatable bonds is 8. The Kier molecular flexibility index (Phi) is 5.74. The standard InChI is InChI=1S/C16H23N3O/c1-2-20-16-8-7-14(12-19-16)15-10-13(11-18-15)6-4-3-5-9-17/h7-8,10-13H,2-6,9,17H2,1H3. The lowest BCUT2D eigenvalue weighted by molar-refractivity contribution is 0.327. The molecule has 2 rings (SSSR count). The van der Waals surface area contributed by atoms with Crippen LogP contribution in [0.3, 0.4) is 0 Å². The van der Waals surface area contributed by atoms with Crippen molar-refractivity contribution in [2.75, 3.05) is 13.2 Å². The number of ether oxygens (including phenoxy) is 1. The molecule has 1 aromatic heterocycles. The highest BCUT2D eigenvalue weighted by Gasteiger charge is 2.12. The Bertz CT molecular complexity index is 465. The topological polar surface area (TPSA) is 60.5 Å². The van der Waals surface area contributed by atoms with Crippen molar-refractivity contribution < 1.29 is 4.74 Å². The van der Waals surface area contributed by atoms with Crippen LogP contribution in [-0.2, 0) is 0 Å². The highest BCUT2D eigenvalue weighted by atomic mass is 16.5. The minimum atomic E-state index is 0.453. The maximum Gasteiger partial charge on any atom is 0.213 e. The highest BCUT2D eigenvalue weighted by molar-refractivity contribution is 5.82. The molecule has 108 valence electrons. The van der Waals surface area contributed by atoms with E-state index in [1.807, 2.05) is 31.5 Å². The lowest BCUT2D eigenvalue weighted by Crippen LogP contribution is -1.99. The van der Waals surface area contributed by atoms with Gasteiger partial charge in [0.15, 0.2) is 0 Å². The zero-order valence-corrected chi connectivity index (χ0v) is 12.1. The molecule has 0 spiro atoms. The number of aromatic nitrogens is 1. The Morgan fingerprint density at radius 1 is 1.25 bits per heavy atom. The Morgan fingerprint density at radius 2 is 2.15 bits per heavy atom. The van der Waals surface area contributed by atoms with Crippen LogP contribution in [0.15, 0.2) is 29.4 Å². The van der Waals surface area contributed by atoms with E-state index >= 15 is 0 Å².